The zero-order chi connectivity index (χ0) is 84.5. The number of hydrogen-bond acceptors (Lipinski definition) is 11. The average Bonchev–Trinajstić information content (AvgIpc) is 0.774. The molecule has 0 unspecified atom stereocenters. The van der Waals surface area contributed by atoms with Gasteiger partial charge in [0.25, 0.3) is 16.7 Å². The molecule has 0 atom stereocenters. The number of nitrogens with zero attached hydrogens (tertiary/aromatic N) is 6. The second kappa shape index (κ2) is 35.0. The minimum atomic E-state index is -0.203. The van der Waals surface area contributed by atoms with Crippen molar-refractivity contribution in [3.05, 3.63) is 393 Å². The third kappa shape index (κ3) is 19.7. The summed E-state index contributed by atoms with van der Waals surface area (Å²) in [5, 5.41) is 51.1. The zero-order valence-corrected chi connectivity index (χ0v) is 68.4. The number of para-hydroxylation sites is 3. The van der Waals surface area contributed by atoms with Gasteiger partial charge >= 0.3 is 0 Å². The minimum absolute atomic E-state index is 0.0101. The molecule has 0 aliphatic heterocycles. The van der Waals surface area contributed by atoms with E-state index in [1.807, 2.05) is 166 Å². The number of aromatic nitrogens is 6. The first-order chi connectivity index (χ1) is 56.9. The first kappa shape index (κ1) is 82.0. The summed E-state index contributed by atoms with van der Waals surface area (Å²) < 4.78 is 4.79. The van der Waals surface area contributed by atoms with Gasteiger partial charge in [0.05, 0.1) is 49.8 Å². The van der Waals surface area contributed by atoms with Crippen LogP contribution in [0.5, 0.6) is 28.7 Å². The summed E-state index contributed by atoms with van der Waals surface area (Å²) in [6.07, 6.45) is 10.4. The molecule has 0 aliphatic carbocycles. The van der Waals surface area contributed by atoms with Crippen LogP contribution < -0.4 is 16.7 Å². The first-order valence-corrected chi connectivity index (χ1v) is 39.0. The van der Waals surface area contributed by atoms with Gasteiger partial charge in [0, 0.05) is 50.6 Å². The van der Waals surface area contributed by atoms with Crippen molar-refractivity contribution < 1.29 is 25.5 Å². The van der Waals surface area contributed by atoms with Crippen molar-refractivity contribution in [3.63, 3.8) is 0 Å². The van der Waals surface area contributed by atoms with Crippen molar-refractivity contribution >= 4 is 69.2 Å². The molecule has 14 heteroatoms. The van der Waals surface area contributed by atoms with E-state index in [9.17, 15) is 39.9 Å². The fourth-order valence-corrected chi connectivity index (χ4v) is 13.5. The molecule has 15 rings (SSSR count). The van der Waals surface area contributed by atoms with E-state index in [1.54, 1.807) is 86.5 Å². The van der Waals surface area contributed by atoms with E-state index in [0.717, 1.165) is 61.3 Å². The van der Waals surface area contributed by atoms with Gasteiger partial charge in [0.1, 0.15) is 46.2 Å². The molecule has 5 N–H and O–H groups in total. The third-order valence-corrected chi connectivity index (χ3v) is 20.2. The zero-order valence-electron chi connectivity index (χ0n) is 68.4. The average molecular weight is 1560 g/mol. The van der Waals surface area contributed by atoms with Crippen LogP contribution in [-0.2, 0) is 16.2 Å². The Kier molecular flexibility index (Phi) is 24.1. The third-order valence-electron chi connectivity index (χ3n) is 20.2. The second-order valence-corrected chi connectivity index (χ2v) is 32.2. The minimum Gasteiger partial charge on any atom is -0.508 e. The van der Waals surface area contributed by atoms with E-state index in [-0.39, 0.29) is 61.7 Å². The second-order valence-electron chi connectivity index (χ2n) is 32.2. The lowest BCUT2D eigenvalue weighted by Crippen LogP contribution is -2.23. The molecule has 0 radical (unpaired) electrons. The smallest absolute Gasteiger partial charge is 0.266 e. The highest BCUT2D eigenvalue weighted by molar-refractivity contribution is 5.84. The normalized spacial score (nSPS) is 11.5. The monoisotopic (exact) mass is 1560 g/mol. The molecule has 119 heavy (non-hydrogen) atoms. The largest absolute Gasteiger partial charge is 0.508 e. The lowest BCUT2D eigenvalue weighted by molar-refractivity contribution is 0.449. The van der Waals surface area contributed by atoms with Gasteiger partial charge in [-0.3, -0.25) is 28.1 Å². The van der Waals surface area contributed by atoms with Crippen LogP contribution in [0.15, 0.2) is 275 Å². The van der Waals surface area contributed by atoms with Crippen molar-refractivity contribution in [2.24, 2.45) is 0 Å². The molecule has 0 aliphatic rings. The van der Waals surface area contributed by atoms with E-state index in [2.05, 4.69) is 146 Å². The summed E-state index contributed by atoms with van der Waals surface area (Å²) in [6.45, 7) is 25.6. The van der Waals surface area contributed by atoms with E-state index in [0.29, 0.717) is 72.7 Å². The van der Waals surface area contributed by atoms with Gasteiger partial charge in [-0.15, -0.1) is 0 Å². The summed E-state index contributed by atoms with van der Waals surface area (Å²) in [5.41, 5.74) is 17.3. The highest BCUT2D eigenvalue weighted by atomic mass is 16.3. The van der Waals surface area contributed by atoms with Crippen LogP contribution in [0, 0.1) is 56.3 Å². The number of phenolic OH excluding ortho intramolecular Hbond substituents is 5. The predicted molar refractivity (Wildman–Crippen MR) is 484 cm³/mol. The molecular formula is C105H90N6O8. The lowest BCUT2D eigenvalue weighted by Gasteiger charge is -2.18. The Morgan fingerprint density at radius 2 is 0.588 bits per heavy atom. The Hall–Kier alpha value is -15.0. The van der Waals surface area contributed by atoms with Crippen LogP contribution in [0.1, 0.15) is 163 Å². The fourth-order valence-electron chi connectivity index (χ4n) is 13.5. The van der Waals surface area contributed by atoms with E-state index >= 15 is 0 Å². The molecule has 0 bridgehead atoms. The molecule has 0 spiro atoms. The van der Waals surface area contributed by atoms with Gasteiger partial charge in [-0.1, -0.05) is 189 Å². The predicted octanol–water partition coefficient (Wildman–Crippen LogP) is 21.2. The highest BCUT2D eigenvalue weighted by Crippen LogP contribution is 2.31. The maximum atomic E-state index is 13.7. The Morgan fingerprint density at radius 3 is 0.933 bits per heavy atom. The van der Waals surface area contributed by atoms with Crippen LogP contribution in [0.25, 0.3) is 86.2 Å². The molecule has 3 aromatic heterocycles. The van der Waals surface area contributed by atoms with Crippen molar-refractivity contribution in [2.75, 3.05) is 0 Å². The first-order valence-electron chi connectivity index (χ1n) is 39.0. The number of aryl methyl sites for hydroxylation is 3. The maximum absolute atomic E-state index is 13.7. The molecule has 14 nitrogen and oxygen atoms in total. The number of aromatic hydroxyl groups is 5. The van der Waals surface area contributed by atoms with Crippen LogP contribution in [-0.4, -0.2) is 54.2 Å². The molecule has 12 aromatic carbocycles. The molecule has 588 valence electrons. The SMILES string of the molecule is Cc1cc(C#Cc2ccc(C(C)(C)C)cc2)ccc1-n1c(/C=C/c2cc(O)ccc2O)nc2ccccc2c1=O.Cc1cc(C#Cc2ccc(C(C)(C)C)cc2)ccc1-n1c(/C=C/c2ccc(O)cc2)nc2ccccc2c1=O.Cc1cc(C#Cc2ccc(C(C)(C)C)cc2)ccc1-n1c(/C=C/c2ccc(O)cc2O)nc2ccccc2c1=O. The number of phenols is 5. The van der Waals surface area contributed by atoms with Crippen LogP contribution in [0.4, 0.5) is 0 Å². The number of hydrogen-bond donors (Lipinski definition) is 5. The molecule has 0 fully saturated rings. The molecule has 15 aromatic rings. The Bertz CT molecular complexity index is 6890. The topological polar surface area (TPSA) is 206 Å². The van der Waals surface area contributed by atoms with Gasteiger partial charge in [-0.05, 0) is 276 Å². The standard InChI is InChI=1S/2C35H30N2O3.C35H30N2O2/c1-23-21-25(10-9-24-11-16-27(17-12-24)35(2,3)4)13-19-31(23)37-33(20-15-26-14-18-28(38)22-32(26)39)36-30-8-6-5-7-29(30)34(37)40;1-23-21-25(10-9-24-11-15-27(16-12-24)35(2,3)4)13-18-31(23)37-33(20-14-26-22-28(38)17-19-32(26)39)36-30-8-6-5-7-29(30)34(37)40;1-24-23-27(10-9-25-11-17-28(18-12-25)35(2,3)4)15-21-32(24)37-33(22-16-26-13-19-29(38)20-14-26)36-31-8-6-5-7-30(31)34(37)39/h2*5-8,11-22,38-39H,1-4H3;5-8,11-23,38H,1-4H3/b20-15+;20-14+;22-16+. The molecule has 0 saturated heterocycles. The molecule has 3 heterocycles. The Morgan fingerprint density at radius 1 is 0.286 bits per heavy atom. The Labute approximate surface area is 692 Å². The fraction of sp³-hybridized carbons (Fsp3) is 0.143. The van der Waals surface area contributed by atoms with Crippen LogP contribution >= 0.6 is 0 Å². The summed E-state index contributed by atoms with van der Waals surface area (Å²) in [4.78, 5) is 55.4. The van der Waals surface area contributed by atoms with Crippen molar-refractivity contribution in [1.29, 1.82) is 0 Å². The van der Waals surface area contributed by atoms with Crippen molar-refractivity contribution in [1.82, 2.24) is 28.7 Å². The van der Waals surface area contributed by atoms with Crippen LogP contribution in [0.3, 0.4) is 0 Å². The number of benzene rings is 12. The lowest BCUT2D eigenvalue weighted by atomic mass is 9.87. The summed E-state index contributed by atoms with van der Waals surface area (Å²) in [5.74, 6) is 20.9. The van der Waals surface area contributed by atoms with Crippen molar-refractivity contribution in [3.8, 4) is 81.3 Å². The highest BCUT2D eigenvalue weighted by Gasteiger charge is 2.20. The summed E-state index contributed by atoms with van der Waals surface area (Å²) >= 11 is 0. The van der Waals surface area contributed by atoms with Crippen LogP contribution in [0.2, 0.25) is 0 Å². The van der Waals surface area contributed by atoms with E-state index < -0.39 is 0 Å². The van der Waals surface area contributed by atoms with Crippen molar-refractivity contribution in [2.45, 2.75) is 99.3 Å². The number of fused-ring (bicyclic) bond motifs is 3. The van der Waals surface area contributed by atoms with Gasteiger partial charge in [-0.25, -0.2) is 15.0 Å². The Balaban J connectivity index is 0.000000155. The summed E-state index contributed by atoms with van der Waals surface area (Å²) in [7, 11) is 0. The van der Waals surface area contributed by atoms with Gasteiger partial charge in [0.15, 0.2) is 0 Å². The quantitative estimate of drug-likeness (QED) is 0.0679. The summed E-state index contributed by atoms with van der Waals surface area (Å²) in [6, 6.07) is 79.7. The maximum Gasteiger partial charge on any atom is 0.266 e. The molecule has 0 saturated carbocycles. The van der Waals surface area contributed by atoms with E-state index in [1.165, 1.54) is 47.0 Å². The molecule has 0 amide bonds. The van der Waals surface area contributed by atoms with Gasteiger partial charge < -0.3 is 25.5 Å². The van der Waals surface area contributed by atoms with Gasteiger partial charge in [0.2, 0.25) is 0 Å². The van der Waals surface area contributed by atoms with E-state index in [4.69, 9.17) is 15.0 Å². The van der Waals surface area contributed by atoms with Gasteiger partial charge in [-0.2, -0.15) is 0 Å². The number of rotatable bonds is 9. The molecular weight excluding hydrogens is 1470 g/mol.